The standard InChI is InChI=1S/C27H25ClN2O5/c1-4-34-19-10-11-20(22(14-19)35-5-2)25(31)23-24(17-7-6-12-29-15-17)30(27(33)26(23)32)18-9-8-16(3)21(28)13-18/h6-15,24,31H,4-5H2,1-3H3/b25-23-. The smallest absolute Gasteiger partial charge is 0.300 e. The van der Waals surface area contributed by atoms with E-state index in [4.69, 9.17) is 21.1 Å². The van der Waals surface area contributed by atoms with E-state index in [1.165, 1.54) is 4.90 Å². The number of aryl methyl sites for hydroxylation is 1. The number of amides is 1. The molecule has 180 valence electrons. The molecule has 1 amide bonds. The van der Waals surface area contributed by atoms with E-state index in [9.17, 15) is 14.7 Å². The van der Waals surface area contributed by atoms with Gasteiger partial charge in [-0.15, -0.1) is 0 Å². The maximum absolute atomic E-state index is 13.4. The normalized spacial score (nSPS) is 17.0. The van der Waals surface area contributed by atoms with Crippen molar-refractivity contribution in [1.82, 2.24) is 4.98 Å². The van der Waals surface area contributed by atoms with Gasteiger partial charge in [-0.25, -0.2) is 0 Å². The molecule has 1 unspecified atom stereocenters. The monoisotopic (exact) mass is 492 g/mol. The summed E-state index contributed by atoms with van der Waals surface area (Å²) in [6, 6.07) is 12.6. The summed E-state index contributed by atoms with van der Waals surface area (Å²) in [6.45, 7) is 6.31. The fourth-order valence-corrected chi connectivity index (χ4v) is 4.23. The van der Waals surface area contributed by atoms with Gasteiger partial charge in [0.1, 0.15) is 17.3 Å². The molecule has 8 heteroatoms. The summed E-state index contributed by atoms with van der Waals surface area (Å²) in [5.41, 5.74) is 2.05. The van der Waals surface area contributed by atoms with Crippen molar-refractivity contribution in [2.24, 2.45) is 0 Å². The summed E-state index contributed by atoms with van der Waals surface area (Å²) in [5, 5.41) is 11.9. The molecule has 2 aromatic carbocycles. The van der Waals surface area contributed by atoms with Gasteiger partial charge in [-0.05, 0) is 62.2 Å². The minimum Gasteiger partial charge on any atom is -0.507 e. The van der Waals surface area contributed by atoms with Gasteiger partial charge in [0, 0.05) is 29.2 Å². The molecule has 4 rings (SSSR count). The molecular formula is C27H25ClN2O5. The number of hydrogen-bond acceptors (Lipinski definition) is 6. The van der Waals surface area contributed by atoms with Crippen LogP contribution in [0.1, 0.15) is 36.6 Å². The number of anilines is 1. The van der Waals surface area contributed by atoms with E-state index in [1.807, 2.05) is 20.8 Å². The third-order valence-corrected chi connectivity index (χ3v) is 6.10. The van der Waals surface area contributed by atoms with Crippen molar-refractivity contribution in [3.05, 3.63) is 88.2 Å². The van der Waals surface area contributed by atoms with Gasteiger partial charge < -0.3 is 14.6 Å². The number of aliphatic hydroxyl groups excluding tert-OH is 1. The van der Waals surface area contributed by atoms with Crippen LogP contribution >= 0.6 is 11.6 Å². The first-order valence-electron chi connectivity index (χ1n) is 11.2. The third kappa shape index (κ3) is 4.59. The van der Waals surface area contributed by atoms with Crippen molar-refractivity contribution < 1.29 is 24.2 Å². The highest BCUT2D eigenvalue weighted by Gasteiger charge is 2.47. The van der Waals surface area contributed by atoms with E-state index >= 15 is 0 Å². The van der Waals surface area contributed by atoms with Crippen LogP contribution in [0.15, 0.2) is 66.5 Å². The summed E-state index contributed by atoms with van der Waals surface area (Å²) in [5.74, 6) is -1.03. The number of halogens is 1. The number of aromatic nitrogens is 1. The molecule has 1 N–H and O–H groups in total. The number of carbonyl (C=O) groups excluding carboxylic acids is 2. The number of rotatable bonds is 7. The maximum atomic E-state index is 13.4. The van der Waals surface area contributed by atoms with Gasteiger partial charge in [-0.3, -0.25) is 19.5 Å². The van der Waals surface area contributed by atoms with Crippen LogP contribution in [0.3, 0.4) is 0 Å². The number of nitrogens with zero attached hydrogens (tertiary/aromatic N) is 2. The minimum absolute atomic E-state index is 0.0650. The Kier molecular flexibility index (Phi) is 7.07. The first-order chi connectivity index (χ1) is 16.9. The lowest BCUT2D eigenvalue weighted by molar-refractivity contribution is -0.132. The van der Waals surface area contributed by atoms with Crippen molar-refractivity contribution in [2.75, 3.05) is 18.1 Å². The SMILES string of the molecule is CCOc1ccc(/C(O)=C2/C(=O)C(=O)N(c3ccc(C)c(Cl)c3)C2c2cccnc2)c(OCC)c1. The van der Waals surface area contributed by atoms with Gasteiger partial charge in [0.2, 0.25) is 0 Å². The Bertz CT molecular complexity index is 1310. The summed E-state index contributed by atoms with van der Waals surface area (Å²) < 4.78 is 11.3. The number of hydrogen-bond donors (Lipinski definition) is 1. The van der Waals surface area contributed by atoms with Gasteiger partial charge in [0.15, 0.2) is 0 Å². The molecule has 0 aliphatic carbocycles. The van der Waals surface area contributed by atoms with Gasteiger partial charge >= 0.3 is 0 Å². The molecule has 0 radical (unpaired) electrons. The molecule has 35 heavy (non-hydrogen) atoms. The molecule has 1 fully saturated rings. The second-order valence-corrected chi connectivity index (χ2v) is 8.32. The fraction of sp³-hybridized carbons (Fsp3) is 0.222. The number of pyridine rings is 1. The first kappa shape index (κ1) is 24.3. The van der Waals surface area contributed by atoms with Crippen LogP contribution in [0.25, 0.3) is 5.76 Å². The Morgan fingerprint density at radius 2 is 1.86 bits per heavy atom. The number of benzene rings is 2. The second kappa shape index (κ2) is 10.2. The molecule has 0 spiro atoms. The molecule has 7 nitrogen and oxygen atoms in total. The lowest BCUT2D eigenvalue weighted by Gasteiger charge is -2.25. The Morgan fingerprint density at radius 1 is 1.09 bits per heavy atom. The van der Waals surface area contributed by atoms with E-state index < -0.39 is 17.7 Å². The van der Waals surface area contributed by atoms with Gasteiger partial charge in [0.05, 0.1) is 30.4 Å². The molecule has 1 aromatic heterocycles. The molecule has 1 aliphatic rings. The van der Waals surface area contributed by atoms with Crippen LogP contribution in [0.2, 0.25) is 5.02 Å². The largest absolute Gasteiger partial charge is 0.507 e. The van der Waals surface area contributed by atoms with Crippen molar-refractivity contribution >= 4 is 34.7 Å². The number of carbonyl (C=O) groups is 2. The van der Waals surface area contributed by atoms with Gasteiger partial charge in [-0.2, -0.15) is 0 Å². The molecule has 0 bridgehead atoms. The number of Topliss-reactive ketones (excluding diaryl/α,β-unsaturated/α-hetero) is 1. The Morgan fingerprint density at radius 3 is 2.51 bits per heavy atom. The van der Waals surface area contributed by atoms with Crippen LogP contribution in [0.4, 0.5) is 5.69 Å². The lowest BCUT2D eigenvalue weighted by Crippen LogP contribution is -2.29. The van der Waals surface area contributed by atoms with Crippen molar-refractivity contribution in [1.29, 1.82) is 0 Å². The topological polar surface area (TPSA) is 89.0 Å². The van der Waals surface area contributed by atoms with E-state index in [0.717, 1.165) is 5.56 Å². The highest BCUT2D eigenvalue weighted by molar-refractivity contribution is 6.51. The quantitative estimate of drug-likeness (QED) is 0.267. The van der Waals surface area contributed by atoms with Crippen LogP contribution < -0.4 is 14.4 Å². The van der Waals surface area contributed by atoms with E-state index in [0.29, 0.717) is 41.0 Å². The highest BCUT2D eigenvalue weighted by atomic mass is 35.5. The van der Waals surface area contributed by atoms with Crippen LogP contribution in [0.5, 0.6) is 11.5 Å². The highest BCUT2D eigenvalue weighted by Crippen LogP contribution is 2.44. The molecule has 2 heterocycles. The number of ether oxygens (including phenoxy) is 2. The van der Waals surface area contributed by atoms with E-state index in [-0.39, 0.29) is 16.9 Å². The lowest BCUT2D eigenvalue weighted by atomic mass is 9.95. The zero-order valence-electron chi connectivity index (χ0n) is 19.6. The molecular weight excluding hydrogens is 468 g/mol. The van der Waals surface area contributed by atoms with Crippen LogP contribution in [-0.4, -0.2) is 35.0 Å². The van der Waals surface area contributed by atoms with Crippen molar-refractivity contribution in [2.45, 2.75) is 26.8 Å². The predicted molar refractivity (Wildman–Crippen MR) is 134 cm³/mol. The molecule has 0 saturated carbocycles. The first-order valence-corrected chi connectivity index (χ1v) is 11.6. The fourth-order valence-electron chi connectivity index (χ4n) is 4.06. The zero-order chi connectivity index (χ0) is 25.1. The number of aliphatic hydroxyl groups is 1. The molecule has 1 atom stereocenters. The number of ketones is 1. The van der Waals surface area contributed by atoms with E-state index in [2.05, 4.69) is 4.98 Å². The van der Waals surface area contributed by atoms with Crippen molar-refractivity contribution in [3.63, 3.8) is 0 Å². The predicted octanol–water partition coefficient (Wildman–Crippen LogP) is 5.47. The van der Waals surface area contributed by atoms with Crippen LogP contribution in [0, 0.1) is 6.92 Å². The Balaban J connectivity index is 1.93. The molecule has 1 aliphatic heterocycles. The van der Waals surface area contributed by atoms with Crippen LogP contribution in [-0.2, 0) is 9.59 Å². The molecule has 3 aromatic rings. The minimum atomic E-state index is -0.913. The van der Waals surface area contributed by atoms with Crippen molar-refractivity contribution in [3.8, 4) is 11.5 Å². The average molecular weight is 493 g/mol. The average Bonchev–Trinajstić information content (AvgIpc) is 3.12. The summed E-state index contributed by atoms with van der Waals surface area (Å²) in [7, 11) is 0. The third-order valence-electron chi connectivity index (χ3n) is 5.70. The summed E-state index contributed by atoms with van der Waals surface area (Å²) in [4.78, 5) is 32.2. The molecule has 1 saturated heterocycles. The summed E-state index contributed by atoms with van der Waals surface area (Å²) in [6.07, 6.45) is 3.16. The summed E-state index contributed by atoms with van der Waals surface area (Å²) >= 11 is 6.34. The Hall–Kier alpha value is -3.84. The van der Waals surface area contributed by atoms with Gasteiger partial charge in [-0.1, -0.05) is 23.7 Å². The van der Waals surface area contributed by atoms with Gasteiger partial charge in [0.25, 0.3) is 11.7 Å². The van der Waals surface area contributed by atoms with E-state index in [1.54, 1.807) is 60.9 Å². The Labute approximate surface area is 208 Å². The zero-order valence-corrected chi connectivity index (χ0v) is 20.4. The second-order valence-electron chi connectivity index (χ2n) is 7.91. The maximum Gasteiger partial charge on any atom is 0.300 e.